The summed E-state index contributed by atoms with van der Waals surface area (Å²) >= 11 is 0. The summed E-state index contributed by atoms with van der Waals surface area (Å²) in [6.07, 6.45) is 7.10. The Labute approximate surface area is 160 Å². The Balaban J connectivity index is 1.47. The van der Waals surface area contributed by atoms with Crippen LogP contribution in [0.5, 0.6) is 0 Å². The molecule has 1 aromatic carbocycles. The lowest BCUT2D eigenvalue weighted by molar-refractivity contribution is 0.0949. The van der Waals surface area contributed by atoms with Gasteiger partial charge in [0.05, 0.1) is 11.9 Å². The molecule has 3 rings (SSSR count). The lowest BCUT2D eigenvalue weighted by Crippen LogP contribution is -2.27. The first-order valence-electron chi connectivity index (χ1n) is 9.10. The van der Waals surface area contributed by atoms with E-state index < -0.39 is 0 Å². The lowest BCUT2D eigenvalue weighted by Gasteiger charge is -2.19. The fourth-order valence-electron chi connectivity index (χ4n) is 2.78. The van der Waals surface area contributed by atoms with Crippen LogP contribution in [0, 0.1) is 0 Å². The summed E-state index contributed by atoms with van der Waals surface area (Å²) in [6, 6.07) is 17.9. The van der Waals surface area contributed by atoms with Crippen LogP contribution >= 0.6 is 0 Å². The van der Waals surface area contributed by atoms with Crippen molar-refractivity contribution in [1.29, 1.82) is 0 Å². The van der Waals surface area contributed by atoms with Gasteiger partial charge in [-0.05, 0) is 48.2 Å². The van der Waals surface area contributed by atoms with Crippen molar-refractivity contribution in [2.45, 2.75) is 12.8 Å². The van der Waals surface area contributed by atoms with E-state index in [1.807, 2.05) is 55.8 Å². The van der Waals surface area contributed by atoms with Gasteiger partial charge in [0.1, 0.15) is 5.69 Å². The first-order chi connectivity index (χ1) is 13.2. The fraction of sp³-hybridized carbons (Fsp3) is 0.227. The van der Waals surface area contributed by atoms with E-state index in [9.17, 15) is 4.79 Å². The standard InChI is InChI=1S/C22H24N4O/c1-26(16-12-19-9-13-23-14-10-19)20-7-8-21(25-17-20)22(27)24-15-11-18-5-3-2-4-6-18/h2-10,13-14,17H,11-12,15-16H2,1H3,(H,24,27). The summed E-state index contributed by atoms with van der Waals surface area (Å²) in [7, 11) is 2.03. The molecule has 0 radical (unpaired) electrons. The summed E-state index contributed by atoms with van der Waals surface area (Å²) in [5.74, 6) is -0.142. The summed E-state index contributed by atoms with van der Waals surface area (Å²) in [6.45, 7) is 1.46. The third-order valence-electron chi connectivity index (χ3n) is 4.45. The van der Waals surface area contributed by atoms with Crippen molar-refractivity contribution < 1.29 is 4.79 Å². The van der Waals surface area contributed by atoms with E-state index in [0.29, 0.717) is 12.2 Å². The molecule has 3 aromatic rings. The van der Waals surface area contributed by atoms with E-state index in [4.69, 9.17) is 0 Å². The number of hydrogen-bond acceptors (Lipinski definition) is 4. The highest BCUT2D eigenvalue weighted by Crippen LogP contribution is 2.12. The average Bonchev–Trinajstić information content (AvgIpc) is 2.73. The van der Waals surface area contributed by atoms with Crippen molar-refractivity contribution >= 4 is 11.6 Å². The van der Waals surface area contributed by atoms with Gasteiger partial charge in [0, 0.05) is 32.5 Å². The van der Waals surface area contributed by atoms with Crippen molar-refractivity contribution in [3.63, 3.8) is 0 Å². The van der Waals surface area contributed by atoms with Crippen LogP contribution in [0.2, 0.25) is 0 Å². The van der Waals surface area contributed by atoms with Gasteiger partial charge >= 0.3 is 0 Å². The highest BCUT2D eigenvalue weighted by molar-refractivity contribution is 5.92. The number of nitrogens with one attached hydrogen (secondary N) is 1. The Morgan fingerprint density at radius 2 is 1.70 bits per heavy atom. The first-order valence-corrected chi connectivity index (χ1v) is 9.10. The van der Waals surface area contributed by atoms with Crippen molar-refractivity contribution in [3.8, 4) is 0 Å². The SMILES string of the molecule is CN(CCc1ccncc1)c1ccc(C(=O)NCCc2ccccc2)nc1. The van der Waals surface area contributed by atoms with Crippen molar-refractivity contribution in [1.82, 2.24) is 15.3 Å². The van der Waals surface area contributed by atoms with Crippen LogP contribution in [0.3, 0.4) is 0 Å². The number of carbonyl (C=O) groups is 1. The van der Waals surface area contributed by atoms with Crippen molar-refractivity contribution in [2.75, 3.05) is 25.0 Å². The topological polar surface area (TPSA) is 58.1 Å². The maximum absolute atomic E-state index is 12.2. The molecule has 0 saturated carbocycles. The second-order valence-corrected chi connectivity index (χ2v) is 6.42. The molecule has 0 spiro atoms. The summed E-state index contributed by atoms with van der Waals surface area (Å²) in [5, 5.41) is 2.92. The number of rotatable bonds is 8. The van der Waals surface area contributed by atoms with Gasteiger partial charge in [-0.15, -0.1) is 0 Å². The van der Waals surface area contributed by atoms with E-state index in [-0.39, 0.29) is 5.91 Å². The van der Waals surface area contributed by atoms with E-state index >= 15 is 0 Å². The molecule has 0 saturated heterocycles. The molecule has 0 aliphatic heterocycles. The molecule has 5 heteroatoms. The smallest absolute Gasteiger partial charge is 0.269 e. The number of amides is 1. The number of aromatic nitrogens is 2. The van der Waals surface area contributed by atoms with Crippen LogP contribution in [0.15, 0.2) is 73.2 Å². The largest absolute Gasteiger partial charge is 0.373 e. The van der Waals surface area contributed by atoms with Crippen molar-refractivity contribution in [2.24, 2.45) is 0 Å². The lowest BCUT2D eigenvalue weighted by atomic mass is 10.1. The highest BCUT2D eigenvalue weighted by atomic mass is 16.1. The second kappa shape index (κ2) is 9.48. The molecule has 1 N–H and O–H groups in total. The van der Waals surface area contributed by atoms with Gasteiger partial charge < -0.3 is 10.2 Å². The minimum absolute atomic E-state index is 0.142. The van der Waals surface area contributed by atoms with E-state index in [1.54, 1.807) is 12.3 Å². The zero-order valence-electron chi connectivity index (χ0n) is 15.5. The van der Waals surface area contributed by atoms with E-state index in [1.165, 1.54) is 11.1 Å². The zero-order valence-corrected chi connectivity index (χ0v) is 15.5. The van der Waals surface area contributed by atoms with Crippen molar-refractivity contribution in [3.05, 3.63) is 90.0 Å². The van der Waals surface area contributed by atoms with E-state index in [2.05, 4.69) is 32.3 Å². The minimum Gasteiger partial charge on any atom is -0.373 e. The van der Waals surface area contributed by atoms with Gasteiger partial charge in [-0.1, -0.05) is 30.3 Å². The second-order valence-electron chi connectivity index (χ2n) is 6.42. The highest BCUT2D eigenvalue weighted by Gasteiger charge is 2.08. The molecular formula is C22H24N4O. The number of pyridine rings is 2. The fourth-order valence-corrected chi connectivity index (χ4v) is 2.78. The van der Waals surface area contributed by atoms with Gasteiger partial charge in [-0.2, -0.15) is 0 Å². The van der Waals surface area contributed by atoms with Crippen LogP contribution in [0.4, 0.5) is 5.69 Å². The van der Waals surface area contributed by atoms with Crippen LogP contribution in [0.25, 0.3) is 0 Å². The molecule has 0 aliphatic carbocycles. The Morgan fingerprint density at radius 3 is 2.41 bits per heavy atom. The number of nitrogens with zero attached hydrogens (tertiary/aromatic N) is 3. The Morgan fingerprint density at radius 1 is 0.963 bits per heavy atom. The third-order valence-corrected chi connectivity index (χ3v) is 4.45. The van der Waals surface area contributed by atoms with Crippen LogP contribution in [-0.2, 0) is 12.8 Å². The Bertz CT molecular complexity index is 835. The minimum atomic E-state index is -0.142. The van der Waals surface area contributed by atoms with Gasteiger partial charge in [0.25, 0.3) is 5.91 Å². The molecule has 5 nitrogen and oxygen atoms in total. The van der Waals surface area contributed by atoms with Crippen LogP contribution in [0.1, 0.15) is 21.6 Å². The summed E-state index contributed by atoms with van der Waals surface area (Å²) in [4.78, 5) is 22.7. The molecule has 1 amide bonds. The molecule has 0 bridgehead atoms. The molecule has 0 fully saturated rings. The quantitative estimate of drug-likeness (QED) is 0.670. The number of benzene rings is 1. The number of hydrogen-bond donors (Lipinski definition) is 1. The molecule has 138 valence electrons. The molecule has 2 aromatic heterocycles. The first kappa shape index (κ1) is 18.6. The summed E-state index contributed by atoms with van der Waals surface area (Å²) < 4.78 is 0. The third kappa shape index (κ3) is 5.64. The Kier molecular flexibility index (Phi) is 6.52. The van der Waals surface area contributed by atoms with Gasteiger partial charge in [0.2, 0.25) is 0 Å². The molecule has 0 unspecified atom stereocenters. The molecule has 27 heavy (non-hydrogen) atoms. The number of likely N-dealkylation sites (N-methyl/N-ethyl adjacent to an activating group) is 1. The van der Waals surface area contributed by atoms with E-state index in [0.717, 1.165) is 25.1 Å². The van der Waals surface area contributed by atoms with Crippen LogP contribution < -0.4 is 10.2 Å². The summed E-state index contributed by atoms with van der Waals surface area (Å²) in [5.41, 5.74) is 3.88. The normalized spacial score (nSPS) is 10.4. The van der Waals surface area contributed by atoms with Gasteiger partial charge in [-0.25, -0.2) is 4.98 Å². The molecule has 0 aliphatic rings. The maximum Gasteiger partial charge on any atom is 0.269 e. The number of anilines is 1. The maximum atomic E-state index is 12.2. The molecular weight excluding hydrogens is 336 g/mol. The monoisotopic (exact) mass is 360 g/mol. The number of carbonyl (C=O) groups excluding carboxylic acids is 1. The zero-order chi connectivity index (χ0) is 18.9. The predicted molar refractivity (Wildman–Crippen MR) is 108 cm³/mol. The predicted octanol–water partition coefficient (Wildman–Crippen LogP) is 3.13. The van der Waals surface area contributed by atoms with Crippen LogP contribution in [-0.4, -0.2) is 36.0 Å². The molecule has 2 heterocycles. The average molecular weight is 360 g/mol. The Hall–Kier alpha value is -3.21. The molecule has 0 atom stereocenters. The van der Waals surface area contributed by atoms with Gasteiger partial charge in [-0.3, -0.25) is 9.78 Å². The van der Waals surface area contributed by atoms with Gasteiger partial charge in [0.15, 0.2) is 0 Å².